The smallest absolute Gasteiger partial charge is 0.325 e. The lowest BCUT2D eigenvalue weighted by Crippen LogP contribution is -2.32. The van der Waals surface area contributed by atoms with Gasteiger partial charge in [-0.1, -0.05) is 12.1 Å². The molecular formula is C18H17FN2O5. The second-order valence-corrected chi connectivity index (χ2v) is 5.10. The summed E-state index contributed by atoms with van der Waals surface area (Å²) < 4.78 is 23.1. The SMILES string of the molecule is COc1ccc(C(=O)NCC(=O)OCC(=O)Nc2ccccc2F)cc1. The van der Waals surface area contributed by atoms with Crippen LogP contribution in [-0.4, -0.2) is 38.0 Å². The van der Waals surface area contributed by atoms with Crippen LogP contribution in [0.15, 0.2) is 48.5 Å². The van der Waals surface area contributed by atoms with Crippen molar-refractivity contribution in [3.63, 3.8) is 0 Å². The van der Waals surface area contributed by atoms with Crippen molar-refractivity contribution in [1.82, 2.24) is 5.32 Å². The van der Waals surface area contributed by atoms with Gasteiger partial charge in [-0.3, -0.25) is 14.4 Å². The minimum absolute atomic E-state index is 0.0126. The lowest BCUT2D eigenvalue weighted by atomic mass is 10.2. The number of nitrogens with one attached hydrogen (secondary N) is 2. The molecule has 0 atom stereocenters. The normalized spacial score (nSPS) is 9.92. The quantitative estimate of drug-likeness (QED) is 0.734. The Morgan fingerprint density at radius 3 is 2.38 bits per heavy atom. The molecule has 0 aliphatic rings. The molecule has 0 aromatic heterocycles. The number of hydrogen-bond acceptors (Lipinski definition) is 5. The fraction of sp³-hybridized carbons (Fsp3) is 0.167. The van der Waals surface area contributed by atoms with E-state index in [-0.39, 0.29) is 5.69 Å². The maximum absolute atomic E-state index is 13.4. The Labute approximate surface area is 149 Å². The van der Waals surface area contributed by atoms with Crippen LogP contribution >= 0.6 is 0 Å². The van der Waals surface area contributed by atoms with E-state index in [9.17, 15) is 18.8 Å². The number of esters is 1. The number of hydrogen-bond donors (Lipinski definition) is 2. The summed E-state index contributed by atoms with van der Waals surface area (Å²) in [5, 5.41) is 4.65. The van der Waals surface area contributed by atoms with Crippen LogP contribution in [0.3, 0.4) is 0 Å². The molecule has 26 heavy (non-hydrogen) atoms. The molecule has 0 heterocycles. The number of halogens is 1. The maximum Gasteiger partial charge on any atom is 0.325 e. The highest BCUT2D eigenvalue weighted by Crippen LogP contribution is 2.12. The Morgan fingerprint density at radius 2 is 1.73 bits per heavy atom. The highest BCUT2D eigenvalue weighted by atomic mass is 19.1. The van der Waals surface area contributed by atoms with Crippen molar-refractivity contribution in [3.05, 3.63) is 59.9 Å². The first kappa shape index (κ1) is 18.9. The first-order valence-electron chi connectivity index (χ1n) is 7.62. The lowest BCUT2D eigenvalue weighted by Gasteiger charge is -2.08. The van der Waals surface area contributed by atoms with E-state index >= 15 is 0 Å². The van der Waals surface area contributed by atoms with Gasteiger partial charge in [0.2, 0.25) is 0 Å². The third-order valence-electron chi connectivity index (χ3n) is 3.26. The van der Waals surface area contributed by atoms with Gasteiger partial charge in [-0.05, 0) is 36.4 Å². The lowest BCUT2D eigenvalue weighted by molar-refractivity contribution is -0.146. The number of carbonyl (C=O) groups excluding carboxylic acids is 3. The molecule has 2 aromatic carbocycles. The highest BCUT2D eigenvalue weighted by molar-refractivity contribution is 5.96. The molecule has 0 spiro atoms. The summed E-state index contributed by atoms with van der Waals surface area (Å²) in [5.41, 5.74) is 0.331. The molecule has 0 unspecified atom stereocenters. The number of anilines is 1. The zero-order valence-corrected chi connectivity index (χ0v) is 14.0. The predicted octanol–water partition coefficient (Wildman–Crippen LogP) is 1.75. The summed E-state index contributed by atoms with van der Waals surface area (Å²) in [6, 6.07) is 11.9. The van der Waals surface area contributed by atoms with Crippen LogP contribution in [0.4, 0.5) is 10.1 Å². The molecule has 0 aliphatic heterocycles. The van der Waals surface area contributed by atoms with E-state index < -0.39 is 36.8 Å². The molecule has 0 radical (unpaired) electrons. The Bertz CT molecular complexity index is 792. The number of carbonyl (C=O) groups is 3. The molecular weight excluding hydrogens is 343 g/mol. The first-order valence-corrected chi connectivity index (χ1v) is 7.62. The molecule has 0 saturated heterocycles. The summed E-state index contributed by atoms with van der Waals surface area (Å²) in [4.78, 5) is 35.1. The van der Waals surface area contributed by atoms with Crippen LogP contribution in [0.25, 0.3) is 0 Å². The summed E-state index contributed by atoms with van der Waals surface area (Å²) in [6.45, 7) is -0.997. The van der Waals surface area contributed by atoms with E-state index in [4.69, 9.17) is 9.47 Å². The summed E-state index contributed by atoms with van der Waals surface area (Å²) in [7, 11) is 1.51. The van der Waals surface area contributed by atoms with Crippen LogP contribution in [0.2, 0.25) is 0 Å². The van der Waals surface area contributed by atoms with Crippen LogP contribution in [0.5, 0.6) is 5.75 Å². The maximum atomic E-state index is 13.4. The van der Waals surface area contributed by atoms with Gasteiger partial charge in [-0.25, -0.2) is 4.39 Å². The summed E-state index contributed by atoms with van der Waals surface area (Å²) in [6.07, 6.45) is 0. The zero-order valence-electron chi connectivity index (χ0n) is 14.0. The van der Waals surface area contributed by atoms with Gasteiger partial charge < -0.3 is 20.1 Å². The standard InChI is InChI=1S/C18H17FN2O5/c1-25-13-8-6-12(7-9-13)18(24)20-10-17(23)26-11-16(22)21-15-5-3-2-4-14(15)19/h2-9H,10-11H2,1H3,(H,20,24)(H,21,22). The van der Waals surface area contributed by atoms with E-state index in [1.165, 1.54) is 25.3 Å². The molecule has 7 nitrogen and oxygen atoms in total. The number of rotatable bonds is 7. The van der Waals surface area contributed by atoms with Crippen molar-refractivity contribution < 1.29 is 28.2 Å². The van der Waals surface area contributed by atoms with E-state index in [1.807, 2.05) is 0 Å². The fourth-order valence-corrected chi connectivity index (χ4v) is 1.94. The van der Waals surface area contributed by atoms with Crippen molar-refractivity contribution >= 4 is 23.5 Å². The van der Waals surface area contributed by atoms with Crippen LogP contribution in [0.1, 0.15) is 10.4 Å². The van der Waals surface area contributed by atoms with Crippen molar-refractivity contribution in [3.8, 4) is 5.75 Å². The van der Waals surface area contributed by atoms with Gasteiger partial charge in [0.1, 0.15) is 18.1 Å². The van der Waals surface area contributed by atoms with Gasteiger partial charge in [0.25, 0.3) is 11.8 Å². The van der Waals surface area contributed by atoms with Crippen molar-refractivity contribution in [2.45, 2.75) is 0 Å². The molecule has 0 bridgehead atoms. The van der Waals surface area contributed by atoms with Crippen LogP contribution in [0, 0.1) is 5.82 Å². The van der Waals surface area contributed by atoms with E-state index in [0.717, 1.165) is 0 Å². The number of amides is 2. The molecule has 8 heteroatoms. The number of para-hydroxylation sites is 1. The third-order valence-corrected chi connectivity index (χ3v) is 3.26. The highest BCUT2D eigenvalue weighted by Gasteiger charge is 2.12. The topological polar surface area (TPSA) is 93.7 Å². The molecule has 2 aromatic rings. The average molecular weight is 360 g/mol. The number of benzene rings is 2. The van der Waals surface area contributed by atoms with Gasteiger partial charge in [0, 0.05) is 5.56 Å². The molecule has 0 aliphatic carbocycles. The second kappa shape index (κ2) is 9.16. The average Bonchev–Trinajstić information content (AvgIpc) is 2.66. The van der Waals surface area contributed by atoms with Gasteiger partial charge in [-0.2, -0.15) is 0 Å². The molecule has 136 valence electrons. The zero-order chi connectivity index (χ0) is 18.9. The Hall–Kier alpha value is -3.42. The Balaban J connectivity index is 1.73. The van der Waals surface area contributed by atoms with Gasteiger partial charge in [0.15, 0.2) is 6.61 Å². The van der Waals surface area contributed by atoms with Crippen LogP contribution in [-0.2, 0) is 14.3 Å². The summed E-state index contributed by atoms with van der Waals surface area (Å²) >= 11 is 0. The molecule has 2 rings (SSSR count). The molecule has 0 fully saturated rings. The first-order chi connectivity index (χ1) is 12.5. The third kappa shape index (κ3) is 5.59. The Kier molecular flexibility index (Phi) is 6.67. The van der Waals surface area contributed by atoms with E-state index in [2.05, 4.69) is 10.6 Å². The summed E-state index contributed by atoms with van der Waals surface area (Å²) in [5.74, 6) is -1.96. The minimum atomic E-state index is -0.796. The van der Waals surface area contributed by atoms with Crippen molar-refractivity contribution in [2.75, 3.05) is 25.6 Å². The fourth-order valence-electron chi connectivity index (χ4n) is 1.94. The van der Waals surface area contributed by atoms with Gasteiger partial charge >= 0.3 is 5.97 Å². The molecule has 0 saturated carbocycles. The second-order valence-electron chi connectivity index (χ2n) is 5.10. The number of methoxy groups -OCH3 is 1. The molecule has 2 N–H and O–H groups in total. The Morgan fingerprint density at radius 1 is 1.04 bits per heavy atom. The van der Waals surface area contributed by atoms with Crippen molar-refractivity contribution in [2.24, 2.45) is 0 Å². The number of ether oxygens (including phenoxy) is 2. The minimum Gasteiger partial charge on any atom is -0.497 e. The van der Waals surface area contributed by atoms with Gasteiger partial charge in [0.05, 0.1) is 12.8 Å². The van der Waals surface area contributed by atoms with Gasteiger partial charge in [-0.15, -0.1) is 0 Å². The van der Waals surface area contributed by atoms with Crippen LogP contribution < -0.4 is 15.4 Å². The monoisotopic (exact) mass is 360 g/mol. The van der Waals surface area contributed by atoms with E-state index in [0.29, 0.717) is 11.3 Å². The predicted molar refractivity (Wildman–Crippen MR) is 91.3 cm³/mol. The van der Waals surface area contributed by atoms with E-state index in [1.54, 1.807) is 30.3 Å². The van der Waals surface area contributed by atoms with Crippen molar-refractivity contribution in [1.29, 1.82) is 0 Å². The largest absolute Gasteiger partial charge is 0.497 e. The molecule has 2 amide bonds.